The average molecular weight is 413 g/mol. The van der Waals surface area contributed by atoms with Gasteiger partial charge in [0.25, 0.3) is 5.91 Å². The molecule has 2 heterocycles. The van der Waals surface area contributed by atoms with Crippen LogP contribution >= 0.6 is 11.6 Å². The highest BCUT2D eigenvalue weighted by Gasteiger charge is 2.36. The maximum atomic E-state index is 12.9. The van der Waals surface area contributed by atoms with Gasteiger partial charge in [-0.15, -0.1) is 0 Å². The lowest BCUT2D eigenvalue weighted by molar-refractivity contribution is -0.136. The standard InChI is InChI=1S/C23H25ClN2O3/c1-7-25-16(5)21(23(28)29-6)19(22(25)27)11-17-10-14(3)26(15(17)4)18-9-8-13(2)20(24)12-18/h8-12H,7H2,1-6H3. The first kappa shape index (κ1) is 20.9. The number of allylic oxidation sites excluding steroid dienone is 1. The van der Waals surface area contributed by atoms with Gasteiger partial charge in [0.15, 0.2) is 0 Å². The van der Waals surface area contributed by atoms with Crippen molar-refractivity contribution in [1.82, 2.24) is 9.47 Å². The average Bonchev–Trinajstić information content (AvgIpc) is 3.09. The van der Waals surface area contributed by atoms with Crippen LogP contribution in [0.4, 0.5) is 0 Å². The van der Waals surface area contributed by atoms with E-state index < -0.39 is 5.97 Å². The molecule has 29 heavy (non-hydrogen) atoms. The fourth-order valence-corrected chi connectivity index (χ4v) is 3.99. The zero-order chi connectivity index (χ0) is 21.5. The number of methoxy groups -OCH3 is 1. The molecule has 1 aliphatic heterocycles. The van der Waals surface area contributed by atoms with Crippen molar-refractivity contribution in [3.8, 4) is 5.69 Å². The van der Waals surface area contributed by atoms with Crippen molar-refractivity contribution in [3.05, 3.63) is 68.6 Å². The van der Waals surface area contributed by atoms with Crippen LogP contribution in [0.5, 0.6) is 0 Å². The van der Waals surface area contributed by atoms with E-state index in [0.29, 0.717) is 28.4 Å². The van der Waals surface area contributed by atoms with Gasteiger partial charge in [-0.1, -0.05) is 17.7 Å². The number of esters is 1. The van der Waals surface area contributed by atoms with Gasteiger partial charge >= 0.3 is 5.97 Å². The number of ether oxygens (including phenoxy) is 1. The molecule has 0 spiro atoms. The van der Waals surface area contributed by atoms with Gasteiger partial charge in [-0.05, 0) is 70.0 Å². The first-order valence-corrected chi connectivity index (χ1v) is 9.87. The molecule has 1 aliphatic rings. The summed E-state index contributed by atoms with van der Waals surface area (Å²) in [6.45, 7) is 10.1. The molecule has 0 unspecified atom stereocenters. The highest BCUT2D eigenvalue weighted by molar-refractivity contribution is 6.31. The molecule has 0 fully saturated rings. The molecule has 1 aromatic heterocycles. The van der Waals surface area contributed by atoms with Gasteiger partial charge in [-0.25, -0.2) is 4.79 Å². The Bertz CT molecular complexity index is 1080. The van der Waals surface area contributed by atoms with Crippen LogP contribution in [0.3, 0.4) is 0 Å². The van der Waals surface area contributed by atoms with E-state index >= 15 is 0 Å². The number of likely N-dealkylation sites (N-methyl/N-ethyl adjacent to an activating group) is 1. The lowest BCUT2D eigenvalue weighted by atomic mass is 10.0. The molecule has 0 N–H and O–H groups in total. The third-order valence-corrected chi connectivity index (χ3v) is 5.81. The zero-order valence-electron chi connectivity index (χ0n) is 17.6. The van der Waals surface area contributed by atoms with E-state index in [2.05, 4.69) is 4.57 Å². The minimum absolute atomic E-state index is 0.186. The molecule has 1 amide bonds. The van der Waals surface area contributed by atoms with Gasteiger partial charge in [0.05, 0.1) is 18.3 Å². The summed E-state index contributed by atoms with van der Waals surface area (Å²) in [5.74, 6) is -0.689. The van der Waals surface area contributed by atoms with Gasteiger partial charge in [0, 0.05) is 34.3 Å². The van der Waals surface area contributed by atoms with Gasteiger partial charge < -0.3 is 14.2 Å². The van der Waals surface area contributed by atoms with Crippen LogP contribution < -0.4 is 0 Å². The Labute approximate surface area is 176 Å². The van der Waals surface area contributed by atoms with Crippen LogP contribution in [0.25, 0.3) is 11.8 Å². The topological polar surface area (TPSA) is 51.5 Å². The first-order valence-electron chi connectivity index (χ1n) is 9.49. The molecule has 152 valence electrons. The van der Waals surface area contributed by atoms with E-state index in [0.717, 1.165) is 28.2 Å². The van der Waals surface area contributed by atoms with Crippen LogP contribution in [-0.4, -0.2) is 35.0 Å². The molecule has 0 bridgehead atoms. The Hall–Kier alpha value is -2.79. The largest absolute Gasteiger partial charge is 0.465 e. The first-order chi connectivity index (χ1) is 13.7. The summed E-state index contributed by atoms with van der Waals surface area (Å²) in [4.78, 5) is 26.9. The molecule has 0 radical (unpaired) electrons. The number of benzene rings is 1. The van der Waals surface area contributed by atoms with Gasteiger partial charge in [0.1, 0.15) is 0 Å². The minimum Gasteiger partial charge on any atom is -0.465 e. The van der Waals surface area contributed by atoms with Crippen molar-refractivity contribution in [2.75, 3.05) is 13.7 Å². The normalized spacial score (nSPS) is 15.6. The quantitative estimate of drug-likeness (QED) is 0.538. The fraction of sp³-hybridized carbons (Fsp3) is 0.304. The zero-order valence-corrected chi connectivity index (χ0v) is 18.3. The predicted molar refractivity (Wildman–Crippen MR) is 115 cm³/mol. The second-order valence-electron chi connectivity index (χ2n) is 7.15. The van der Waals surface area contributed by atoms with Crippen molar-refractivity contribution in [2.24, 2.45) is 0 Å². The molecular weight excluding hydrogens is 388 g/mol. The third kappa shape index (κ3) is 3.51. The highest BCUT2D eigenvalue weighted by atomic mass is 35.5. The number of aryl methyl sites for hydroxylation is 2. The minimum atomic E-state index is -0.503. The number of hydrogen-bond acceptors (Lipinski definition) is 3. The Morgan fingerprint density at radius 2 is 1.86 bits per heavy atom. The van der Waals surface area contributed by atoms with Gasteiger partial charge in [0.2, 0.25) is 0 Å². The van der Waals surface area contributed by atoms with E-state index in [-0.39, 0.29) is 5.91 Å². The smallest absolute Gasteiger partial charge is 0.340 e. The highest BCUT2D eigenvalue weighted by Crippen LogP contribution is 2.33. The van der Waals surface area contributed by atoms with Crippen LogP contribution in [0.2, 0.25) is 5.02 Å². The number of aromatic nitrogens is 1. The summed E-state index contributed by atoms with van der Waals surface area (Å²) < 4.78 is 7.02. The summed E-state index contributed by atoms with van der Waals surface area (Å²) in [7, 11) is 1.33. The van der Waals surface area contributed by atoms with E-state index in [1.54, 1.807) is 17.9 Å². The van der Waals surface area contributed by atoms with Crippen molar-refractivity contribution < 1.29 is 14.3 Å². The molecule has 0 atom stereocenters. The van der Waals surface area contributed by atoms with E-state index in [9.17, 15) is 9.59 Å². The van der Waals surface area contributed by atoms with Crippen molar-refractivity contribution in [3.63, 3.8) is 0 Å². The number of carbonyl (C=O) groups is 2. The molecule has 5 nitrogen and oxygen atoms in total. The second kappa shape index (κ2) is 7.91. The summed E-state index contributed by atoms with van der Waals surface area (Å²) in [6, 6.07) is 7.93. The number of amides is 1. The Balaban J connectivity index is 2.14. The van der Waals surface area contributed by atoms with Crippen LogP contribution in [0.1, 0.15) is 36.4 Å². The number of hydrogen-bond donors (Lipinski definition) is 0. The molecule has 1 aromatic carbocycles. The van der Waals surface area contributed by atoms with Crippen molar-refractivity contribution in [1.29, 1.82) is 0 Å². The Morgan fingerprint density at radius 3 is 2.45 bits per heavy atom. The summed E-state index contributed by atoms with van der Waals surface area (Å²) in [6.07, 6.45) is 1.78. The molecule has 0 aliphatic carbocycles. The Kier molecular flexibility index (Phi) is 5.71. The molecule has 6 heteroatoms. The fourth-order valence-electron chi connectivity index (χ4n) is 3.82. The van der Waals surface area contributed by atoms with E-state index in [4.69, 9.17) is 16.3 Å². The van der Waals surface area contributed by atoms with Gasteiger partial charge in [-0.2, -0.15) is 0 Å². The summed E-state index contributed by atoms with van der Waals surface area (Å²) in [5.41, 5.74) is 6.10. The van der Waals surface area contributed by atoms with Crippen LogP contribution in [-0.2, 0) is 14.3 Å². The lowest BCUT2D eigenvalue weighted by Gasteiger charge is -2.14. The van der Waals surface area contributed by atoms with E-state index in [1.165, 1.54) is 7.11 Å². The third-order valence-electron chi connectivity index (χ3n) is 5.40. The maximum Gasteiger partial charge on any atom is 0.340 e. The monoisotopic (exact) mass is 412 g/mol. The molecule has 0 saturated carbocycles. The van der Waals surface area contributed by atoms with Crippen molar-refractivity contribution in [2.45, 2.75) is 34.6 Å². The second-order valence-corrected chi connectivity index (χ2v) is 7.56. The number of nitrogens with zero attached hydrogens (tertiary/aromatic N) is 2. The lowest BCUT2D eigenvalue weighted by Crippen LogP contribution is -2.24. The van der Waals surface area contributed by atoms with Crippen LogP contribution in [0, 0.1) is 20.8 Å². The molecular formula is C23H25ClN2O3. The number of rotatable bonds is 4. The number of halogens is 1. The molecule has 3 rings (SSSR count). The van der Waals surface area contributed by atoms with Crippen molar-refractivity contribution >= 4 is 29.6 Å². The molecule has 2 aromatic rings. The van der Waals surface area contributed by atoms with E-state index in [1.807, 2.05) is 52.0 Å². The summed E-state index contributed by atoms with van der Waals surface area (Å²) in [5, 5.41) is 0.700. The Morgan fingerprint density at radius 1 is 1.17 bits per heavy atom. The summed E-state index contributed by atoms with van der Waals surface area (Å²) >= 11 is 6.32. The van der Waals surface area contributed by atoms with Crippen LogP contribution in [0.15, 0.2) is 41.1 Å². The molecule has 0 saturated heterocycles. The maximum absolute atomic E-state index is 12.9. The predicted octanol–water partition coefficient (Wildman–Crippen LogP) is 4.75. The number of carbonyl (C=O) groups excluding carboxylic acids is 2. The SMILES string of the molecule is CCN1C(=O)C(=Cc2cc(C)n(-c3ccc(C)c(Cl)c3)c2C)C(C(=O)OC)=C1C. The van der Waals surface area contributed by atoms with Gasteiger partial charge in [-0.3, -0.25) is 4.79 Å².